The van der Waals surface area contributed by atoms with E-state index in [9.17, 15) is 19.2 Å². The molecular weight excluding hydrogens is 394 g/mol. The minimum atomic E-state index is -1.25. The smallest absolute Gasteiger partial charge is 0.323 e. The van der Waals surface area contributed by atoms with Gasteiger partial charge in [0.1, 0.15) is 17.9 Å². The van der Waals surface area contributed by atoms with Crippen molar-refractivity contribution in [1.29, 1.82) is 0 Å². The zero-order valence-electron chi connectivity index (χ0n) is 14.8. The first kappa shape index (κ1) is 18.7. The summed E-state index contributed by atoms with van der Waals surface area (Å²) in [5.41, 5.74) is 1.69. The third-order valence-electron chi connectivity index (χ3n) is 4.29. The van der Waals surface area contributed by atoms with Gasteiger partial charge in [0.15, 0.2) is 5.43 Å². The highest BCUT2D eigenvalue weighted by molar-refractivity contribution is 8.18. The van der Waals surface area contributed by atoms with Crippen LogP contribution in [0.15, 0.2) is 68.7 Å². The average molecular weight is 407 g/mol. The summed E-state index contributed by atoms with van der Waals surface area (Å²) in [4.78, 5) is 47.9. The molecule has 2 heterocycles. The van der Waals surface area contributed by atoms with Gasteiger partial charge >= 0.3 is 5.97 Å². The van der Waals surface area contributed by atoms with E-state index in [-0.39, 0.29) is 10.3 Å². The monoisotopic (exact) mass is 407 g/mol. The van der Waals surface area contributed by atoms with Crippen LogP contribution in [-0.2, 0) is 9.59 Å². The predicted molar refractivity (Wildman–Crippen MR) is 108 cm³/mol. The molecule has 1 N–H and O–H groups in total. The van der Waals surface area contributed by atoms with E-state index >= 15 is 0 Å². The lowest BCUT2D eigenvalue weighted by molar-refractivity contribution is -0.140. The first-order valence-corrected chi connectivity index (χ1v) is 9.34. The van der Waals surface area contributed by atoms with Crippen LogP contribution in [0.25, 0.3) is 28.4 Å². The molecule has 1 aliphatic heterocycles. The molecule has 3 aromatic rings. The number of benzene rings is 2. The van der Waals surface area contributed by atoms with Crippen molar-refractivity contribution >= 4 is 45.9 Å². The van der Waals surface area contributed by atoms with Gasteiger partial charge in [0.2, 0.25) is 0 Å². The standard InChI is InChI=1S/C21H13NO6S/c23-15-10-17(28-16-4-2-1-3-14(15)16)13-7-5-12(6-8-13)9-18-20(26)22(11-19(24)25)21(27)29-18/h1-10H,11H2,(H,24,25)/b18-9-. The van der Waals surface area contributed by atoms with Gasteiger partial charge in [-0.15, -0.1) is 0 Å². The Hall–Kier alpha value is -3.65. The Kier molecular flexibility index (Phi) is 4.77. The van der Waals surface area contributed by atoms with Crippen LogP contribution in [0.3, 0.4) is 0 Å². The van der Waals surface area contributed by atoms with Crippen LogP contribution >= 0.6 is 11.8 Å². The lowest BCUT2D eigenvalue weighted by Gasteiger charge is -2.07. The molecule has 1 aromatic heterocycles. The van der Waals surface area contributed by atoms with Crippen LogP contribution in [0, 0.1) is 0 Å². The molecule has 0 bridgehead atoms. The minimum Gasteiger partial charge on any atom is -0.480 e. The van der Waals surface area contributed by atoms with Crippen LogP contribution < -0.4 is 5.43 Å². The largest absolute Gasteiger partial charge is 0.480 e. The molecule has 1 fully saturated rings. The molecular formula is C21H13NO6S. The Bertz CT molecular complexity index is 1240. The number of aliphatic carboxylic acids is 1. The Labute approximate surface area is 168 Å². The number of carbonyl (C=O) groups excluding carboxylic acids is 2. The molecule has 0 radical (unpaired) electrons. The maximum absolute atomic E-state index is 12.3. The lowest BCUT2D eigenvalue weighted by atomic mass is 10.1. The summed E-state index contributed by atoms with van der Waals surface area (Å²) < 4.78 is 5.80. The second-order valence-electron chi connectivity index (χ2n) is 6.25. The highest BCUT2D eigenvalue weighted by Gasteiger charge is 2.36. The summed E-state index contributed by atoms with van der Waals surface area (Å²) in [6.07, 6.45) is 1.52. The minimum absolute atomic E-state index is 0.141. The van der Waals surface area contributed by atoms with Crippen molar-refractivity contribution in [1.82, 2.24) is 4.90 Å². The number of hydrogen-bond acceptors (Lipinski definition) is 6. The normalized spacial score (nSPS) is 15.4. The van der Waals surface area contributed by atoms with E-state index in [4.69, 9.17) is 9.52 Å². The van der Waals surface area contributed by atoms with Gasteiger partial charge in [-0.2, -0.15) is 0 Å². The maximum Gasteiger partial charge on any atom is 0.323 e. The summed E-state index contributed by atoms with van der Waals surface area (Å²) in [5.74, 6) is -1.47. The van der Waals surface area contributed by atoms with Gasteiger partial charge < -0.3 is 9.52 Å². The quantitative estimate of drug-likeness (QED) is 0.659. The number of rotatable bonds is 4. The Morgan fingerprint density at radius 1 is 1.07 bits per heavy atom. The molecule has 7 nitrogen and oxygen atoms in total. The molecule has 0 aliphatic carbocycles. The summed E-state index contributed by atoms with van der Waals surface area (Å²) in [7, 11) is 0. The van der Waals surface area contributed by atoms with Crippen LogP contribution in [0.5, 0.6) is 0 Å². The van der Waals surface area contributed by atoms with E-state index < -0.39 is 23.7 Å². The van der Waals surface area contributed by atoms with Crippen LogP contribution in [0.2, 0.25) is 0 Å². The average Bonchev–Trinajstić information content (AvgIpc) is 2.95. The summed E-state index contributed by atoms with van der Waals surface area (Å²) >= 11 is 0.698. The molecule has 0 spiro atoms. The lowest BCUT2D eigenvalue weighted by Crippen LogP contribution is -2.33. The van der Waals surface area contributed by atoms with Gasteiger partial charge in [-0.05, 0) is 35.5 Å². The van der Waals surface area contributed by atoms with Crippen molar-refractivity contribution in [2.24, 2.45) is 0 Å². The van der Waals surface area contributed by atoms with E-state index in [1.165, 1.54) is 12.1 Å². The van der Waals surface area contributed by atoms with Gasteiger partial charge in [-0.3, -0.25) is 24.1 Å². The van der Waals surface area contributed by atoms with Gasteiger partial charge in [0.25, 0.3) is 11.1 Å². The molecule has 0 unspecified atom stereocenters. The second-order valence-corrected chi connectivity index (χ2v) is 7.25. The zero-order chi connectivity index (χ0) is 20.5. The highest BCUT2D eigenvalue weighted by Crippen LogP contribution is 2.32. The van der Waals surface area contributed by atoms with Crippen molar-refractivity contribution < 1.29 is 23.9 Å². The number of hydrogen-bond donors (Lipinski definition) is 1. The SMILES string of the molecule is O=C(O)CN1C(=O)S/C(=C\c2ccc(-c3cc(=O)c4ccccc4o3)cc2)C1=O. The van der Waals surface area contributed by atoms with Crippen molar-refractivity contribution in [2.75, 3.05) is 6.54 Å². The fourth-order valence-electron chi connectivity index (χ4n) is 2.91. The third-order valence-corrected chi connectivity index (χ3v) is 5.20. The summed E-state index contributed by atoms with van der Waals surface area (Å²) in [6, 6.07) is 15.3. The number of carboxylic acids is 1. The van der Waals surface area contributed by atoms with Gasteiger partial charge in [0, 0.05) is 11.6 Å². The Morgan fingerprint density at radius 3 is 2.52 bits per heavy atom. The fraction of sp³-hybridized carbons (Fsp3) is 0.0476. The van der Waals surface area contributed by atoms with E-state index in [1.807, 2.05) is 0 Å². The molecule has 1 saturated heterocycles. The van der Waals surface area contributed by atoms with Gasteiger partial charge in [-0.1, -0.05) is 36.4 Å². The topological polar surface area (TPSA) is 105 Å². The molecule has 2 aromatic carbocycles. The number of carboxylic acid groups (broad SMARTS) is 1. The molecule has 8 heteroatoms. The van der Waals surface area contributed by atoms with Crippen molar-refractivity contribution in [2.45, 2.75) is 0 Å². The van der Waals surface area contributed by atoms with Crippen LogP contribution in [-0.4, -0.2) is 33.7 Å². The molecule has 29 heavy (non-hydrogen) atoms. The molecule has 2 amide bonds. The molecule has 144 valence electrons. The number of fused-ring (bicyclic) bond motifs is 1. The zero-order valence-corrected chi connectivity index (χ0v) is 15.6. The van der Waals surface area contributed by atoms with Crippen molar-refractivity contribution in [3.8, 4) is 11.3 Å². The van der Waals surface area contributed by atoms with Crippen LogP contribution in [0.4, 0.5) is 4.79 Å². The first-order valence-electron chi connectivity index (χ1n) is 8.53. The number of thioether (sulfide) groups is 1. The molecule has 1 aliphatic rings. The Balaban J connectivity index is 1.61. The number of nitrogens with zero attached hydrogens (tertiary/aromatic N) is 1. The highest BCUT2D eigenvalue weighted by atomic mass is 32.2. The van der Waals surface area contributed by atoms with Crippen LogP contribution in [0.1, 0.15) is 5.56 Å². The van der Waals surface area contributed by atoms with E-state index in [0.29, 0.717) is 44.5 Å². The van der Waals surface area contributed by atoms with Gasteiger partial charge in [-0.25, -0.2) is 0 Å². The predicted octanol–water partition coefficient (Wildman–Crippen LogP) is 3.58. The number of amides is 2. The van der Waals surface area contributed by atoms with E-state index in [2.05, 4.69) is 0 Å². The maximum atomic E-state index is 12.3. The first-order chi connectivity index (χ1) is 13.9. The third kappa shape index (κ3) is 3.70. The summed E-state index contributed by atoms with van der Waals surface area (Å²) in [5, 5.41) is 8.70. The van der Waals surface area contributed by atoms with Crippen molar-refractivity contribution in [3.05, 3.63) is 75.3 Å². The van der Waals surface area contributed by atoms with Crippen molar-refractivity contribution in [3.63, 3.8) is 0 Å². The second kappa shape index (κ2) is 7.40. The molecule has 0 saturated carbocycles. The Morgan fingerprint density at radius 2 is 1.79 bits per heavy atom. The van der Waals surface area contributed by atoms with E-state index in [1.54, 1.807) is 48.5 Å². The number of para-hydroxylation sites is 1. The summed E-state index contributed by atoms with van der Waals surface area (Å²) in [6.45, 7) is -0.665. The van der Waals surface area contributed by atoms with Gasteiger partial charge in [0.05, 0.1) is 10.3 Å². The molecule has 0 atom stereocenters. The number of imide groups is 1. The number of carbonyl (C=O) groups is 3. The van der Waals surface area contributed by atoms with E-state index in [0.717, 1.165) is 0 Å². The fourth-order valence-corrected chi connectivity index (χ4v) is 3.75. The molecule has 4 rings (SSSR count).